The van der Waals surface area contributed by atoms with Gasteiger partial charge in [0.2, 0.25) is 0 Å². The second-order valence-corrected chi connectivity index (χ2v) is 4.59. The maximum absolute atomic E-state index is 5.70. The maximum atomic E-state index is 5.70. The summed E-state index contributed by atoms with van der Waals surface area (Å²) in [6.07, 6.45) is 3.43. The molecule has 3 nitrogen and oxygen atoms in total. The molecule has 0 aromatic carbocycles. The molecule has 5 heteroatoms. The van der Waals surface area contributed by atoms with Gasteiger partial charge in [-0.1, -0.05) is 17.7 Å². The molecule has 82 valence electrons. The summed E-state index contributed by atoms with van der Waals surface area (Å²) in [6.45, 7) is 0. The van der Waals surface area contributed by atoms with Crippen molar-refractivity contribution in [3.8, 4) is 0 Å². The zero-order chi connectivity index (χ0) is 11.4. The van der Waals surface area contributed by atoms with Crippen LogP contribution in [0.2, 0.25) is 5.15 Å². The first-order valence-electron chi connectivity index (χ1n) is 4.69. The number of rotatable bonds is 3. The molecule has 2 heterocycles. The van der Waals surface area contributed by atoms with Gasteiger partial charge in [-0.25, -0.2) is 9.97 Å². The van der Waals surface area contributed by atoms with Crippen LogP contribution in [-0.2, 0) is 5.75 Å². The van der Waals surface area contributed by atoms with Gasteiger partial charge in [0.05, 0.1) is 16.9 Å². The second-order valence-electron chi connectivity index (χ2n) is 3.21. The molecule has 0 spiro atoms. The van der Waals surface area contributed by atoms with E-state index in [1.54, 1.807) is 30.2 Å². The van der Waals surface area contributed by atoms with E-state index in [0.29, 0.717) is 10.8 Å². The fourth-order valence-corrected chi connectivity index (χ4v) is 2.01. The minimum atomic E-state index is 0.513. The number of nitrogens with zero attached hydrogens (tertiary/aromatic N) is 2. The molecule has 0 radical (unpaired) electrons. The fraction of sp³-hybridized carbons (Fsp3) is 0.0909. The monoisotopic (exact) mass is 251 g/mol. The molecule has 2 aromatic rings. The Morgan fingerprint density at radius 3 is 2.62 bits per heavy atom. The van der Waals surface area contributed by atoms with Crippen LogP contribution in [0, 0.1) is 0 Å². The van der Waals surface area contributed by atoms with Crippen LogP contribution >= 0.6 is 23.4 Å². The van der Waals surface area contributed by atoms with Crippen molar-refractivity contribution in [3.63, 3.8) is 0 Å². The van der Waals surface area contributed by atoms with Crippen LogP contribution in [-0.4, -0.2) is 9.97 Å². The second kappa shape index (κ2) is 5.18. The lowest BCUT2D eigenvalue weighted by molar-refractivity contribution is 1.13. The Bertz CT molecular complexity index is 410. The summed E-state index contributed by atoms with van der Waals surface area (Å²) >= 11 is 7.34. The van der Waals surface area contributed by atoms with Crippen LogP contribution in [0.4, 0.5) is 5.69 Å². The van der Waals surface area contributed by atoms with Crippen molar-refractivity contribution in [2.45, 2.75) is 10.8 Å². The quantitative estimate of drug-likeness (QED) is 0.673. The Balaban J connectivity index is 1.97. The number of aromatic nitrogens is 2. The van der Waals surface area contributed by atoms with Gasteiger partial charge in [0.15, 0.2) is 0 Å². The fourth-order valence-electron chi connectivity index (χ4n) is 1.13. The van der Waals surface area contributed by atoms with Gasteiger partial charge >= 0.3 is 0 Å². The number of pyridine rings is 2. The van der Waals surface area contributed by atoms with E-state index in [1.807, 2.05) is 18.2 Å². The molecule has 0 saturated heterocycles. The number of hydrogen-bond donors (Lipinski definition) is 1. The van der Waals surface area contributed by atoms with E-state index < -0.39 is 0 Å². The molecule has 2 N–H and O–H groups in total. The Morgan fingerprint density at radius 2 is 2.00 bits per heavy atom. The molecule has 0 atom stereocenters. The molecule has 16 heavy (non-hydrogen) atoms. The summed E-state index contributed by atoms with van der Waals surface area (Å²) in [5, 5.41) is 1.46. The predicted octanol–water partition coefficient (Wildman–Crippen LogP) is 3.00. The molecular weight excluding hydrogens is 242 g/mol. The van der Waals surface area contributed by atoms with E-state index in [-0.39, 0.29) is 0 Å². The third-order valence-corrected chi connectivity index (χ3v) is 3.17. The standard InChI is InChI=1S/C11H10ClN3S/c12-10-3-1-8(5-14-10)7-16-11-4-2-9(13)6-15-11/h1-6H,7,13H2. The molecule has 0 fully saturated rings. The van der Waals surface area contributed by atoms with E-state index in [1.165, 1.54) is 0 Å². The van der Waals surface area contributed by atoms with E-state index in [0.717, 1.165) is 16.3 Å². The van der Waals surface area contributed by atoms with Crippen LogP contribution in [0.1, 0.15) is 5.56 Å². The molecule has 0 amide bonds. The highest BCUT2D eigenvalue weighted by molar-refractivity contribution is 7.98. The Labute approximate surface area is 103 Å². The van der Waals surface area contributed by atoms with Crippen molar-refractivity contribution in [3.05, 3.63) is 47.4 Å². The number of hydrogen-bond acceptors (Lipinski definition) is 4. The zero-order valence-electron chi connectivity index (χ0n) is 8.43. The van der Waals surface area contributed by atoms with Gasteiger partial charge in [-0.05, 0) is 23.8 Å². The van der Waals surface area contributed by atoms with Crippen molar-refractivity contribution >= 4 is 29.1 Å². The first-order valence-corrected chi connectivity index (χ1v) is 6.05. The highest BCUT2D eigenvalue weighted by Crippen LogP contribution is 2.21. The van der Waals surface area contributed by atoms with Crippen LogP contribution in [0.3, 0.4) is 0 Å². The largest absolute Gasteiger partial charge is 0.397 e. The summed E-state index contributed by atoms with van der Waals surface area (Å²) in [5.41, 5.74) is 7.35. The molecular formula is C11H10ClN3S. The molecule has 0 aliphatic heterocycles. The third kappa shape index (κ3) is 3.12. The number of thioether (sulfide) groups is 1. The topological polar surface area (TPSA) is 51.8 Å². The molecule has 2 aromatic heterocycles. The van der Waals surface area contributed by atoms with E-state index in [9.17, 15) is 0 Å². The first-order chi connectivity index (χ1) is 7.74. The summed E-state index contributed by atoms with van der Waals surface area (Å²) < 4.78 is 0. The predicted molar refractivity (Wildman–Crippen MR) is 67.5 cm³/mol. The van der Waals surface area contributed by atoms with Crippen molar-refractivity contribution in [2.24, 2.45) is 0 Å². The van der Waals surface area contributed by atoms with E-state index in [2.05, 4.69) is 9.97 Å². The number of nitrogen functional groups attached to an aromatic ring is 1. The Morgan fingerprint density at radius 1 is 1.12 bits per heavy atom. The summed E-state index contributed by atoms with van der Waals surface area (Å²) in [5.74, 6) is 0.821. The smallest absolute Gasteiger partial charge is 0.129 e. The van der Waals surface area contributed by atoms with Gasteiger partial charge < -0.3 is 5.73 Å². The van der Waals surface area contributed by atoms with Gasteiger partial charge in [-0.3, -0.25) is 0 Å². The van der Waals surface area contributed by atoms with Crippen molar-refractivity contribution in [1.29, 1.82) is 0 Å². The molecule has 0 bridgehead atoms. The SMILES string of the molecule is Nc1ccc(SCc2ccc(Cl)nc2)nc1. The first kappa shape index (κ1) is 11.2. The van der Waals surface area contributed by atoms with Gasteiger partial charge in [0, 0.05) is 11.9 Å². The van der Waals surface area contributed by atoms with Crippen LogP contribution in [0.5, 0.6) is 0 Å². The highest BCUT2D eigenvalue weighted by Gasteiger charge is 1.98. The number of anilines is 1. The molecule has 0 aliphatic carbocycles. The number of nitrogens with two attached hydrogens (primary N) is 1. The van der Waals surface area contributed by atoms with Crippen LogP contribution in [0.25, 0.3) is 0 Å². The van der Waals surface area contributed by atoms with Crippen molar-refractivity contribution in [1.82, 2.24) is 9.97 Å². The zero-order valence-corrected chi connectivity index (χ0v) is 10.0. The van der Waals surface area contributed by atoms with E-state index >= 15 is 0 Å². The van der Waals surface area contributed by atoms with Crippen molar-refractivity contribution in [2.75, 3.05) is 5.73 Å². The lowest BCUT2D eigenvalue weighted by Gasteiger charge is -2.01. The molecule has 0 saturated carbocycles. The van der Waals surface area contributed by atoms with Crippen LogP contribution in [0.15, 0.2) is 41.7 Å². The van der Waals surface area contributed by atoms with Gasteiger partial charge in [-0.2, -0.15) is 0 Å². The van der Waals surface area contributed by atoms with E-state index in [4.69, 9.17) is 17.3 Å². The lowest BCUT2D eigenvalue weighted by Crippen LogP contribution is -1.88. The molecule has 0 unspecified atom stereocenters. The Kier molecular flexibility index (Phi) is 3.64. The summed E-state index contributed by atoms with van der Waals surface area (Å²) in [4.78, 5) is 8.22. The Hall–Kier alpha value is -1.26. The normalized spacial score (nSPS) is 10.3. The average molecular weight is 252 g/mol. The summed E-state index contributed by atoms with van der Waals surface area (Å²) in [7, 11) is 0. The van der Waals surface area contributed by atoms with Gasteiger partial charge in [-0.15, -0.1) is 11.8 Å². The molecule has 0 aliphatic rings. The van der Waals surface area contributed by atoms with Gasteiger partial charge in [0.25, 0.3) is 0 Å². The molecule has 2 rings (SSSR count). The third-order valence-electron chi connectivity index (χ3n) is 1.93. The lowest BCUT2D eigenvalue weighted by atomic mass is 10.3. The summed E-state index contributed by atoms with van der Waals surface area (Å²) in [6, 6.07) is 7.49. The number of halogens is 1. The van der Waals surface area contributed by atoms with Crippen LogP contribution < -0.4 is 5.73 Å². The van der Waals surface area contributed by atoms with Gasteiger partial charge in [0.1, 0.15) is 5.15 Å². The van der Waals surface area contributed by atoms with Crippen molar-refractivity contribution < 1.29 is 0 Å². The maximum Gasteiger partial charge on any atom is 0.129 e. The minimum Gasteiger partial charge on any atom is -0.397 e. The minimum absolute atomic E-state index is 0.513. The average Bonchev–Trinajstić information content (AvgIpc) is 2.30. The highest BCUT2D eigenvalue weighted by atomic mass is 35.5.